The molecular formula is C17H15Cl2N2O3-. The zero-order valence-corrected chi connectivity index (χ0v) is 14.6. The standard InChI is InChI=1S/C17H16Cl2N2O3/c1-10(20-21-13-4-5-14(18)15(19)9-13)11-3-6-16(24-2)12(7-11)8-17(22)23/h3-7,9,21H,8H2,1-2H3,(H,22,23)/p-1/b20-10-. The second-order valence-corrected chi connectivity index (χ2v) is 5.83. The van der Waals surface area contributed by atoms with Gasteiger partial charge in [0.1, 0.15) is 5.75 Å². The van der Waals surface area contributed by atoms with Gasteiger partial charge >= 0.3 is 0 Å². The summed E-state index contributed by atoms with van der Waals surface area (Å²) in [4.78, 5) is 10.9. The number of ether oxygens (including phenoxy) is 1. The molecule has 126 valence electrons. The van der Waals surface area contributed by atoms with Gasteiger partial charge in [-0.25, -0.2) is 0 Å². The number of hydrogen-bond acceptors (Lipinski definition) is 5. The minimum atomic E-state index is -1.17. The molecule has 5 nitrogen and oxygen atoms in total. The Hall–Kier alpha value is -2.24. The first-order valence-electron chi connectivity index (χ1n) is 7.03. The van der Waals surface area contributed by atoms with Crippen molar-refractivity contribution in [1.82, 2.24) is 0 Å². The number of hydrogen-bond donors (Lipinski definition) is 1. The predicted octanol–water partition coefficient (Wildman–Crippen LogP) is 3.13. The van der Waals surface area contributed by atoms with Gasteiger partial charge in [0.25, 0.3) is 0 Å². The normalized spacial score (nSPS) is 11.2. The Morgan fingerprint density at radius 3 is 2.58 bits per heavy atom. The fraction of sp³-hybridized carbons (Fsp3) is 0.176. The third-order valence-corrected chi connectivity index (χ3v) is 4.04. The van der Waals surface area contributed by atoms with Crippen LogP contribution in [0.25, 0.3) is 0 Å². The number of anilines is 1. The van der Waals surface area contributed by atoms with Crippen LogP contribution in [0.15, 0.2) is 41.5 Å². The molecule has 0 radical (unpaired) electrons. The van der Waals surface area contributed by atoms with Gasteiger partial charge in [0, 0.05) is 18.0 Å². The van der Waals surface area contributed by atoms with Crippen LogP contribution in [0.1, 0.15) is 18.1 Å². The SMILES string of the molecule is COc1ccc(/C(C)=N\Nc2ccc(Cl)c(Cl)c2)cc1CC(=O)[O-]. The van der Waals surface area contributed by atoms with Gasteiger partial charge in [-0.1, -0.05) is 23.2 Å². The van der Waals surface area contributed by atoms with Crippen molar-refractivity contribution < 1.29 is 14.6 Å². The smallest absolute Gasteiger partial charge is 0.122 e. The summed E-state index contributed by atoms with van der Waals surface area (Å²) in [6.45, 7) is 1.80. The average Bonchev–Trinajstić information content (AvgIpc) is 2.55. The molecule has 0 atom stereocenters. The number of carboxylic acid groups (broad SMARTS) is 1. The third-order valence-electron chi connectivity index (χ3n) is 3.31. The molecule has 2 aromatic rings. The Morgan fingerprint density at radius 2 is 1.96 bits per heavy atom. The molecule has 0 heterocycles. The molecule has 0 aliphatic rings. The molecule has 0 amide bonds. The van der Waals surface area contributed by atoms with Crippen LogP contribution in [0, 0.1) is 0 Å². The number of carbonyl (C=O) groups excluding carboxylic acids is 1. The maximum Gasteiger partial charge on any atom is 0.122 e. The highest BCUT2D eigenvalue weighted by molar-refractivity contribution is 6.42. The van der Waals surface area contributed by atoms with Gasteiger partial charge in [0.15, 0.2) is 0 Å². The second kappa shape index (κ2) is 8.04. The van der Waals surface area contributed by atoms with Gasteiger partial charge in [-0.15, -0.1) is 0 Å². The number of nitrogens with one attached hydrogen (secondary N) is 1. The highest BCUT2D eigenvalue weighted by Gasteiger charge is 2.07. The van der Waals surface area contributed by atoms with Crippen molar-refractivity contribution in [3.8, 4) is 5.75 Å². The molecular weight excluding hydrogens is 351 g/mol. The number of carboxylic acids is 1. The fourth-order valence-electron chi connectivity index (χ4n) is 2.08. The van der Waals surface area contributed by atoms with Crippen molar-refractivity contribution in [2.45, 2.75) is 13.3 Å². The number of aliphatic carboxylic acids is 1. The van der Waals surface area contributed by atoms with E-state index in [9.17, 15) is 9.90 Å². The van der Waals surface area contributed by atoms with Crippen LogP contribution in [0.5, 0.6) is 5.75 Å². The van der Waals surface area contributed by atoms with Crippen LogP contribution in [0.2, 0.25) is 10.0 Å². The molecule has 0 spiro atoms. The van der Waals surface area contributed by atoms with E-state index in [-0.39, 0.29) is 6.42 Å². The fourth-order valence-corrected chi connectivity index (χ4v) is 2.37. The highest BCUT2D eigenvalue weighted by Crippen LogP contribution is 2.25. The zero-order chi connectivity index (χ0) is 17.7. The lowest BCUT2D eigenvalue weighted by Crippen LogP contribution is -2.24. The van der Waals surface area contributed by atoms with Crippen molar-refractivity contribution in [1.29, 1.82) is 0 Å². The number of carbonyl (C=O) groups is 1. The Bertz CT molecular complexity index is 791. The Balaban J connectivity index is 2.22. The second-order valence-electron chi connectivity index (χ2n) is 5.01. The lowest BCUT2D eigenvalue weighted by Gasteiger charge is -2.11. The minimum Gasteiger partial charge on any atom is -0.550 e. The number of rotatable bonds is 6. The maximum absolute atomic E-state index is 10.9. The van der Waals surface area contributed by atoms with E-state index in [1.165, 1.54) is 7.11 Å². The van der Waals surface area contributed by atoms with E-state index in [2.05, 4.69) is 10.5 Å². The van der Waals surface area contributed by atoms with Gasteiger partial charge < -0.3 is 14.6 Å². The Labute approximate surface area is 149 Å². The van der Waals surface area contributed by atoms with E-state index in [1.54, 1.807) is 43.3 Å². The molecule has 0 bridgehead atoms. The lowest BCUT2D eigenvalue weighted by molar-refractivity contribution is -0.304. The van der Waals surface area contributed by atoms with Crippen molar-refractivity contribution in [3.05, 3.63) is 57.6 Å². The lowest BCUT2D eigenvalue weighted by atomic mass is 10.0. The van der Waals surface area contributed by atoms with E-state index in [1.807, 2.05) is 0 Å². The molecule has 0 saturated heterocycles. The van der Waals surface area contributed by atoms with Crippen molar-refractivity contribution in [2.75, 3.05) is 12.5 Å². The van der Waals surface area contributed by atoms with E-state index >= 15 is 0 Å². The van der Waals surface area contributed by atoms with Crippen molar-refractivity contribution >= 4 is 40.6 Å². The first kappa shape index (κ1) is 18.1. The summed E-state index contributed by atoms with van der Waals surface area (Å²) in [5, 5.41) is 16.0. The van der Waals surface area contributed by atoms with Crippen LogP contribution < -0.4 is 15.3 Å². The quantitative estimate of drug-likeness (QED) is 0.630. The van der Waals surface area contributed by atoms with Crippen LogP contribution in [-0.2, 0) is 11.2 Å². The van der Waals surface area contributed by atoms with E-state index in [0.29, 0.717) is 32.8 Å². The molecule has 7 heteroatoms. The summed E-state index contributed by atoms with van der Waals surface area (Å²) >= 11 is 11.8. The molecule has 0 fully saturated rings. The molecule has 0 saturated carbocycles. The number of nitrogens with zero attached hydrogens (tertiary/aromatic N) is 1. The van der Waals surface area contributed by atoms with E-state index in [0.717, 1.165) is 5.56 Å². The number of halogens is 2. The van der Waals surface area contributed by atoms with E-state index in [4.69, 9.17) is 27.9 Å². The maximum atomic E-state index is 10.9. The van der Waals surface area contributed by atoms with Gasteiger partial charge in [0.2, 0.25) is 0 Å². The van der Waals surface area contributed by atoms with Crippen LogP contribution in [-0.4, -0.2) is 18.8 Å². The number of hydrazone groups is 1. The monoisotopic (exact) mass is 365 g/mol. The molecule has 1 N–H and O–H groups in total. The average molecular weight is 366 g/mol. The molecule has 0 aromatic heterocycles. The predicted molar refractivity (Wildman–Crippen MR) is 94.0 cm³/mol. The zero-order valence-electron chi connectivity index (χ0n) is 13.1. The summed E-state index contributed by atoms with van der Waals surface area (Å²) in [5.41, 5.74) is 5.53. The molecule has 24 heavy (non-hydrogen) atoms. The molecule has 2 aromatic carbocycles. The first-order valence-corrected chi connectivity index (χ1v) is 7.78. The summed E-state index contributed by atoms with van der Waals surface area (Å²) < 4.78 is 5.16. The summed E-state index contributed by atoms with van der Waals surface area (Å²) in [6, 6.07) is 10.3. The number of methoxy groups -OCH3 is 1. The van der Waals surface area contributed by atoms with Crippen LogP contribution >= 0.6 is 23.2 Å². The summed E-state index contributed by atoms with van der Waals surface area (Å²) in [6.07, 6.45) is -0.232. The van der Waals surface area contributed by atoms with Gasteiger partial charge in [0.05, 0.1) is 28.6 Å². The summed E-state index contributed by atoms with van der Waals surface area (Å²) in [5.74, 6) is -0.679. The van der Waals surface area contributed by atoms with Crippen molar-refractivity contribution in [2.24, 2.45) is 5.10 Å². The van der Waals surface area contributed by atoms with Gasteiger partial charge in [-0.05, 0) is 48.9 Å². The third kappa shape index (κ3) is 4.63. The molecule has 0 aliphatic heterocycles. The molecule has 0 unspecified atom stereocenters. The van der Waals surface area contributed by atoms with Gasteiger partial charge in [-0.2, -0.15) is 5.10 Å². The van der Waals surface area contributed by atoms with Crippen molar-refractivity contribution in [3.63, 3.8) is 0 Å². The Morgan fingerprint density at radius 1 is 1.21 bits per heavy atom. The minimum absolute atomic E-state index is 0.232. The van der Waals surface area contributed by atoms with Gasteiger partial charge in [-0.3, -0.25) is 5.43 Å². The largest absolute Gasteiger partial charge is 0.550 e. The topological polar surface area (TPSA) is 73.8 Å². The van der Waals surface area contributed by atoms with E-state index < -0.39 is 5.97 Å². The van der Waals surface area contributed by atoms with Crippen LogP contribution in [0.3, 0.4) is 0 Å². The van der Waals surface area contributed by atoms with Crippen LogP contribution in [0.4, 0.5) is 5.69 Å². The molecule has 0 aliphatic carbocycles. The summed E-state index contributed by atoms with van der Waals surface area (Å²) in [7, 11) is 1.49. The number of benzene rings is 2. The highest BCUT2D eigenvalue weighted by atomic mass is 35.5. The first-order chi connectivity index (χ1) is 11.4. The molecule has 2 rings (SSSR count). The Kier molecular flexibility index (Phi) is 6.06.